The van der Waals surface area contributed by atoms with Crippen LogP contribution < -0.4 is 0 Å². The van der Waals surface area contributed by atoms with Crippen LogP contribution in [0.15, 0.2) is 71.7 Å². The smallest absolute Gasteiger partial charge is 0.217 e. The molecular weight excluding hydrogens is 434 g/mol. The van der Waals surface area contributed by atoms with Gasteiger partial charge in [0, 0.05) is 29.7 Å². The van der Waals surface area contributed by atoms with Crippen LogP contribution in [0.3, 0.4) is 0 Å². The Balaban J connectivity index is 1.57. The molecule has 2 aliphatic rings. The van der Waals surface area contributed by atoms with Gasteiger partial charge in [0.15, 0.2) is 0 Å². The predicted molar refractivity (Wildman–Crippen MR) is 143 cm³/mol. The molecule has 1 fully saturated rings. The monoisotopic (exact) mass is 471 g/mol. The van der Waals surface area contributed by atoms with Crippen molar-refractivity contribution < 1.29 is 9.47 Å². The van der Waals surface area contributed by atoms with Crippen molar-refractivity contribution >= 4 is 22.5 Å². The summed E-state index contributed by atoms with van der Waals surface area (Å²) in [6, 6.07) is 18.7. The van der Waals surface area contributed by atoms with E-state index in [1.54, 1.807) is 0 Å². The van der Waals surface area contributed by atoms with Gasteiger partial charge in [-0.25, -0.2) is 4.99 Å². The van der Waals surface area contributed by atoms with Gasteiger partial charge < -0.3 is 19.4 Å². The maximum Gasteiger partial charge on any atom is 0.217 e. The minimum absolute atomic E-state index is 0.0336. The number of fused-ring (bicyclic) bond motifs is 1. The summed E-state index contributed by atoms with van der Waals surface area (Å²) >= 11 is 0. The highest BCUT2D eigenvalue weighted by molar-refractivity contribution is 5.97. The average Bonchev–Trinajstić information content (AvgIpc) is 3.31. The van der Waals surface area contributed by atoms with Crippen molar-refractivity contribution in [3.63, 3.8) is 0 Å². The van der Waals surface area contributed by atoms with Crippen molar-refractivity contribution in [1.29, 1.82) is 0 Å². The lowest BCUT2D eigenvalue weighted by Gasteiger charge is -2.38. The normalized spacial score (nSPS) is 19.4. The van der Waals surface area contributed by atoms with E-state index in [0.29, 0.717) is 12.5 Å². The van der Waals surface area contributed by atoms with Crippen LogP contribution >= 0.6 is 0 Å². The van der Waals surface area contributed by atoms with Crippen LogP contribution in [0.1, 0.15) is 63.5 Å². The number of nitrogens with zero attached hydrogens (tertiary/aromatic N) is 2. The number of hydrogen-bond donors (Lipinski definition) is 1. The Labute approximate surface area is 208 Å². The van der Waals surface area contributed by atoms with Crippen molar-refractivity contribution in [3.8, 4) is 0 Å². The van der Waals surface area contributed by atoms with Crippen LogP contribution in [0, 0.1) is 5.92 Å². The van der Waals surface area contributed by atoms with Crippen molar-refractivity contribution in [2.45, 2.75) is 71.1 Å². The van der Waals surface area contributed by atoms with Gasteiger partial charge in [0.05, 0.1) is 0 Å². The van der Waals surface area contributed by atoms with Gasteiger partial charge in [0.2, 0.25) is 11.8 Å². The molecule has 1 aliphatic carbocycles. The van der Waals surface area contributed by atoms with E-state index in [9.17, 15) is 0 Å². The number of likely N-dealkylation sites (N-methyl/N-ethyl adjacent to an activating group) is 1. The number of para-hydroxylation sites is 1. The van der Waals surface area contributed by atoms with E-state index in [2.05, 4.69) is 73.4 Å². The molecule has 184 valence electrons. The molecule has 0 bridgehead atoms. The van der Waals surface area contributed by atoms with Gasteiger partial charge in [-0.2, -0.15) is 0 Å². The van der Waals surface area contributed by atoms with Crippen molar-refractivity contribution in [2.24, 2.45) is 10.9 Å². The highest BCUT2D eigenvalue weighted by Crippen LogP contribution is 2.37. The summed E-state index contributed by atoms with van der Waals surface area (Å²) < 4.78 is 13.2. The van der Waals surface area contributed by atoms with E-state index < -0.39 is 0 Å². The number of H-pyrrole nitrogens is 1. The number of aromatic nitrogens is 1. The number of ether oxygens (including phenoxy) is 2. The Morgan fingerprint density at radius 2 is 1.74 bits per heavy atom. The van der Waals surface area contributed by atoms with Gasteiger partial charge in [-0.05, 0) is 49.7 Å². The van der Waals surface area contributed by atoms with Crippen LogP contribution in [0.5, 0.6) is 0 Å². The first kappa shape index (κ1) is 23.5. The maximum atomic E-state index is 6.78. The van der Waals surface area contributed by atoms with E-state index in [1.165, 1.54) is 19.3 Å². The molecule has 2 heterocycles. The van der Waals surface area contributed by atoms with Gasteiger partial charge in [-0.1, -0.05) is 68.8 Å². The van der Waals surface area contributed by atoms with Gasteiger partial charge in [0.25, 0.3) is 0 Å². The summed E-state index contributed by atoms with van der Waals surface area (Å²) in [7, 11) is 2.14. The highest BCUT2D eigenvalue weighted by Gasteiger charge is 2.35. The van der Waals surface area contributed by atoms with Crippen molar-refractivity contribution in [1.82, 2.24) is 9.88 Å². The highest BCUT2D eigenvalue weighted by atomic mass is 16.5. The van der Waals surface area contributed by atoms with Crippen LogP contribution in [0.4, 0.5) is 0 Å². The first-order valence-electron chi connectivity index (χ1n) is 13.1. The molecule has 5 heteroatoms. The topological polar surface area (TPSA) is 49.9 Å². The van der Waals surface area contributed by atoms with Crippen molar-refractivity contribution in [3.05, 3.63) is 77.8 Å². The Morgan fingerprint density at radius 3 is 2.51 bits per heavy atom. The first-order chi connectivity index (χ1) is 17.1. The molecule has 0 radical (unpaired) electrons. The largest absolute Gasteiger partial charge is 0.474 e. The molecule has 1 aliphatic heterocycles. The third kappa shape index (κ3) is 5.24. The lowest BCUT2D eigenvalue weighted by Crippen LogP contribution is -2.44. The number of nitrogens with one attached hydrogen (secondary N) is 1. The molecule has 1 saturated carbocycles. The molecule has 0 spiro atoms. The summed E-state index contributed by atoms with van der Waals surface area (Å²) in [5.74, 6) is 2.14. The average molecular weight is 472 g/mol. The van der Waals surface area contributed by atoms with Crippen LogP contribution in [-0.2, 0) is 16.1 Å². The minimum atomic E-state index is 0.0336. The lowest BCUT2D eigenvalue weighted by atomic mass is 9.97. The van der Waals surface area contributed by atoms with Crippen LogP contribution in [-0.4, -0.2) is 35.0 Å². The second-order valence-electron chi connectivity index (χ2n) is 10.3. The zero-order valence-electron chi connectivity index (χ0n) is 21.2. The zero-order valence-corrected chi connectivity index (χ0v) is 21.2. The summed E-state index contributed by atoms with van der Waals surface area (Å²) in [6.07, 6.45) is 9.21. The third-order valence-electron chi connectivity index (χ3n) is 7.10. The van der Waals surface area contributed by atoms with E-state index in [4.69, 9.17) is 14.5 Å². The molecule has 1 N–H and O–H groups in total. The standard InChI is InChI=1S/C30H37N3O2/c1-21(2)18-27-29(34-20-22-12-6-4-7-13-22)32-28(25-19-31-26-17-11-10-16-24(25)26)30(33(27)3)35-23-14-8-5-9-15-23/h4,6-7,10-13,16-17,19,21,23,27,31H,5,8-9,14-15,18,20H2,1-3H3. The third-order valence-corrected chi connectivity index (χ3v) is 7.10. The maximum absolute atomic E-state index is 6.78. The van der Waals surface area contributed by atoms with Gasteiger partial charge in [0.1, 0.15) is 24.4 Å². The Bertz CT molecular complexity index is 1190. The zero-order chi connectivity index (χ0) is 24.2. The Morgan fingerprint density at radius 1 is 1.00 bits per heavy atom. The molecule has 1 aromatic heterocycles. The fourth-order valence-corrected chi connectivity index (χ4v) is 5.19. The number of rotatable bonds is 7. The Hall–Kier alpha value is -3.21. The second kappa shape index (κ2) is 10.6. The number of benzene rings is 2. The summed E-state index contributed by atoms with van der Waals surface area (Å²) in [4.78, 5) is 10.9. The molecule has 35 heavy (non-hydrogen) atoms. The van der Waals surface area contributed by atoms with Gasteiger partial charge in [-0.3, -0.25) is 0 Å². The Kier molecular flexibility index (Phi) is 7.12. The fraction of sp³-hybridized carbons (Fsp3) is 0.433. The van der Waals surface area contributed by atoms with E-state index in [1.807, 2.05) is 18.2 Å². The van der Waals surface area contributed by atoms with Crippen LogP contribution in [0.25, 0.3) is 16.6 Å². The molecule has 3 aromatic rings. The number of aromatic amines is 1. The summed E-state index contributed by atoms with van der Waals surface area (Å²) in [5.41, 5.74) is 4.16. The SMILES string of the molecule is CC(C)CC1C(OCc2ccccc2)=NC(c2c[nH]c3ccccc23)=C(OC2CCCCC2)N1C. The van der Waals surface area contributed by atoms with E-state index in [0.717, 1.165) is 58.8 Å². The quantitative estimate of drug-likeness (QED) is 0.399. The van der Waals surface area contributed by atoms with Crippen molar-refractivity contribution in [2.75, 3.05) is 7.05 Å². The summed E-state index contributed by atoms with van der Waals surface area (Å²) in [5, 5.41) is 1.15. The van der Waals surface area contributed by atoms with Gasteiger partial charge in [-0.15, -0.1) is 0 Å². The van der Waals surface area contributed by atoms with E-state index in [-0.39, 0.29) is 12.1 Å². The fourth-order valence-electron chi connectivity index (χ4n) is 5.19. The lowest BCUT2D eigenvalue weighted by molar-refractivity contribution is 0.0259. The van der Waals surface area contributed by atoms with Gasteiger partial charge >= 0.3 is 0 Å². The molecule has 1 unspecified atom stereocenters. The molecule has 1 atom stereocenters. The first-order valence-corrected chi connectivity index (χ1v) is 13.1. The predicted octanol–water partition coefficient (Wildman–Crippen LogP) is 7.12. The second-order valence-corrected chi connectivity index (χ2v) is 10.3. The van der Waals surface area contributed by atoms with Crippen LogP contribution in [0.2, 0.25) is 0 Å². The van der Waals surface area contributed by atoms with E-state index >= 15 is 0 Å². The number of hydrogen-bond acceptors (Lipinski definition) is 4. The summed E-state index contributed by atoms with van der Waals surface area (Å²) in [6.45, 7) is 5.01. The minimum Gasteiger partial charge on any atom is -0.474 e. The number of aliphatic imine (C=N–C) groups is 1. The molecule has 2 aromatic carbocycles. The molecular formula is C30H37N3O2. The molecule has 5 rings (SSSR count). The molecule has 0 amide bonds. The molecule has 5 nitrogen and oxygen atoms in total. The molecule has 0 saturated heterocycles.